The molecule has 3 aliphatic rings. The third-order valence-corrected chi connectivity index (χ3v) is 6.34. The van der Waals surface area contributed by atoms with Crippen molar-refractivity contribution >= 4 is 29.5 Å². The van der Waals surface area contributed by atoms with Crippen molar-refractivity contribution in [3.8, 4) is 0 Å². The van der Waals surface area contributed by atoms with Gasteiger partial charge in [0.05, 0.1) is 6.54 Å². The Morgan fingerprint density at radius 2 is 1.39 bits per heavy atom. The molecule has 10 nitrogen and oxygen atoms in total. The van der Waals surface area contributed by atoms with Crippen LogP contribution in [0.1, 0.15) is 43.2 Å². The smallest absolute Gasteiger partial charge is 0.273 e. The first kappa shape index (κ1) is 21.3. The number of anilines is 2. The van der Waals surface area contributed by atoms with Crippen LogP contribution >= 0.6 is 0 Å². The van der Waals surface area contributed by atoms with Crippen LogP contribution in [-0.2, 0) is 16.1 Å². The van der Waals surface area contributed by atoms with E-state index in [2.05, 4.69) is 21.7 Å². The summed E-state index contributed by atoms with van der Waals surface area (Å²) in [5.74, 6) is 1.48. The SMILES string of the molecule is CCCN1Cc2c(nc(N3CCN(C(C)=O)CC3)nc2N2CCN(C(C)=O)CC2)C1=O. The lowest BCUT2D eigenvalue weighted by Crippen LogP contribution is -2.50. The fraction of sp³-hybridized carbons (Fsp3) is 0.667. The molecule has 0 spiro atoms. The lowest BCUT2D eigenvalue weighted by Gasteiger charge is -2.37. The van der Waals surface area contributed by atoms with Crippen LogP contribution < -0.4 is 9.80 Å². The molecule has 0 saturated carbocycles. The lowest BCUT2D eigenvalue weighted by molar-refractivity contribution is -0.129. The Morgan fingerprint density at radius 3 is 1.90 bits per heavy atom. The van der Waals surface area contributed by atoms with Crippen LogP contribution in [0.15, 0.2) is 0 Å². The van der Waals surface area contributed by atoms with Crippen molar-refractivity contribution in [2.24, 2.45) is 0 Å². The zero-order valence-electron chi connectivity index (χ0n) is 18.6. The minimum atomic E-state index is -0.0357. The fourth-order valence-electron chi connectivity index (χ4n) is 4.50. The zero-order valence-corrected chi connectivity index (χ0v) is 18.6. The average Bonchev–Trinajstić information content (AvgIpc) is 3.09. The van der Waals surface area contributed by atoms with Gasteiger partial charge in [-0.05, 0) is 6.42 Å². The van der Waals surface area contributed by atoms with E-state index in [-0.39, 0.29) is 17.7 Å². The van der Waals surface area contributed by atoms with E-state index in [1.54, 1.807) is 13.8 Å². The molecule has 0 atom stereocenters. The van der Waals surface area contributed by atoms with Gasteiger partial charge in [-0.15, -0.1) is 0 Å². The van der Waals surface area contributed by atoms with Crippen LogP contribution in [0, 0.1) is 0 Å². The van der Waals surface area contributed by atoms with E-state index < -0.39 is 0 Å². The van der Waals surface area contributed by atoms with Gasteiger partial charge in [0.25, 0.3) is 5.91 Å². The number of rotatable bonds is 4. The lowest BCUT2D eigenvalue weighted by atomic mass is 10.2. The predicted molar refractivity (Wildman–Crippen MR) is 116 cm³/mol. The summed E-state index contributed by atoms with van der Waals surface area (Å²) < 4.78 is 0. The molecular weight excluding hydrogens is 398 g/mol. The molecule has 3 amide bonds. The number of piperazine rings is 2. The molecule has 0 aliphatic carbocycles. The monoisotopic (exact) mass is 429 g/mol. The van der Waals surface area contributed by atoms with Gasteiger partial charge in [0.2, 0.25) is 17.8 Å². The summed E-state index contributed by atoms with van der Waals surface area (Å²) in [4.78, 5) is 55.8. The summed E-state index contributed by atoms with van der Waals surface area (Å²) in [6, 6.07) is 0. The first-order chi connectivity index (χ1) is 14.9. The molecule has 168 valence electrons. The number of nitrogens with zero attached hydrogens (tertiary/aromatic N) is 7. The largest absolute Gasteiger partial charge is 0.353 e. The standard InChI is InChI=1S/C21H31N7O3/c1-4-5-28-14-17-18(20(28)31)22-21(27-12-8-25(9-13-27)16(3)30)23-19(17)26-10-6-24(7-11-26)15(2)29/h4-14H2,1-3H3. The topological polar surface area (TPSA) is 93.2 Å². The Kier molecular flexibility index (Phi) is 5.97. The Morgan fingerprint density at radius 1 is 0.839 bits per heavy atom. The van der Waals surface area contributed by atoms with Crippen molar-refractivity contribution in [2.75, 3.05) is 68.7 Å². The van der Waals surface area contributed by atoms with Gasteiger partial charge in [0.15, 0.2) is 0 Å². The maximum Gasteiger partial charge on any atom is 0.273 e. The molecule has 4 heterocycles. The van der Waals surface area contributed by atoms with Crippen molar-refractivity contribution in [3.63, 3.8) is 0 Å². The van der Waals surface area contributed by atoms with Crippen LogP contribution in [0.4, 0.5) is 11.8 Å². The van der Waals surface area contributed by atoms with Crippen molar-refractivity contribution < 1.29 is 14.4 Å². The molecule has 3 aliphatic heterocycles. The van der Waals surface area contributed by atoms with Gasteiger partial charge < -0.3 is 24.5 Å². The summed E-state index contributed by atoms with van der Waals surface area (Å²) in [5, 5.41) is 0. The molecule has 1 aromatic heterocycles. The highest BCUT2D eigenvalue weighted by Gasteiger charge is 2.35. The van der Waals surface area contributed by atoms with Crippen molar-refractivity contribution in [1.29, 1.82) is 0 Å². The van der Waals surface area contributed by atoms with Gasteiger partial charge in [0, 0.05) is 78.3 Å². The molecule has 0 radical (unpaired) electrons. The highest BCUT2D eigenvalue weighted by atomic mass is 16.2. The minimum absolute atomic E-state index is 0.0357. The highest BCUT2D eigenvalue weighted by molar-refractivity contribution is 5.98. The second-order valence-electron chi connectivity index (χ2n) is 8.39. The van der Waals surface area contributed by atoms with Gasteiger partial charge in [-0.1, -0.05) is 6.92 Å². The van der Waals surface area contributed by atoms with E-state index in [4.69, 9.17) is 4.98 Å². The molecule has 2 saturated heterocycles. The minimum Gasteiger partial charge on any atom is -0.353 e. The normalized spacial score (nSPS) is 19.2. The summed E-state index contributed by atoms with van der Waals surface area (Å²) in [6.45, 7) is 11.7. The van der Waals surface area contributed by atoms with Crippen LogP contribution in [0.2, 0.25) is 0 Å². The number of fused-ring (bicyclic) bond motifs is 1. The van der Waals surface area contributed by atoms with Crippen LogP contribution in [-0.4, -0.2) is 101 Å². The molecule has 0 N–H and O–H groups in total. The first-order valence-corrected chi connectivity index (χ1v) is 11.1. The molecule has 31 heavy (non-hydrogen) atoms. The fourth-order valence-corrected chi connectivity index (χ4v) is 4.50. The average molecular weight is 430 g/mol. The summed E-state index contributed by atoms with van der Waals surface area (Å²) in [5.41, 5.74) is 1.39. The Hall–Kier alpha value is -2.91. The maximum absolute atomic E-state index is 13.0. The molecule has 4 rings (SSSR count). The van der Waals surface area contributed by atoms with E-state index in [1.165, 1.54) is 0 Å². The molecule has 0 aromatic carbocycles. The quantitative estimate of drug-likeness (QED) is 0.674. The molecular formula is C21H31N7O3. The molecule has 2 fully saturated rings. The molecule has 1 aromatic rings. The van der Waals surface area contributed by atoms with Gasteiger partial charge >= 0.3 is 0 Å². The zero-order chi connectivity index (χ0) is 22.1. The second-order valence-corrected chi connectivity index (χ2v) is 8.39. The van der Waals surface area contributed by atoms with E-state index in [0.717, 1.165) is 17.8 Å². The van der Waals surface area contributed by atoms with Crippen LogP contribution in [0.25, 0.3) is 0 Å². The molecule has 0 bridgehead atoms. The van der Waals surface area contributed by atoms with E-state index in [9.17, 15) is 14.4 Å². The van der Waals surface area contributed by atoms with Crippen molar-refractivity contribution in [2.45, 2.75) is 33.7 Å². The molecule has 0 unspecified atom stereocenters. The highest BCUT2D eigenvalue weighted by Crippen LogP contribution is 2.32. The van der Waals surface area contributed by atoms with Crippen molar-refractivity contribution in [1.82, 2.24) is 24.7 Å². The van der Waals surface area contributed by atoms with Gasteiger partial charge in [-0.25, -0.2) is 4.98 Å². The van der Waals surface area contributed by atoms with Crippen LogP contribution in [0.3, 0.4) is 0 Å². The van der Waals surface area contributed by atoms with E-state index in [1.807, 2.05) is 14.7 Å². The Bertz CT molecular complexity index is 874. The number of carbonyl (C=O) groups is 3. The number of hydrogen-bond acceptors (Lipinski definition) is 7. The predicted octanol–water partition coefficient (Wildman–Crippen LogP) is 0.179. The second kappa shape index (κ2) is 8.68. The number of amides is 3. The van der Waals surface area contributed by atoms with Crippen molar-refractivity contribution in [3.05, 3.63) is 11.3 Å². The van der Waals surface area contributed by atoms with E-state index in [0.29, 0.717) is 77.1 Å². The van der Waals surface area contributed by atoms with E-state index >= 15 is 0 Å². The number of carbonyl (C=O) groups excluding carboxylic acids is 3. The van der Waals surface area contributed by atoms with Crippen LogP contribution in [0.5, 0.6) is 0 Å². The Balaban J connectivity index is 1.63. The maximum atomic E-state index is 13.0. The summed E-state index contributed by atoms with van der Waals surface area (Å²) >= 11 is 0. The summed E-state index contributed by atoms with van der Waals surface area (Å²) in [7, 11) is 0. The van der Waals surface area contributed by atoms with Gasteiger partial charge in [-0.3, -0.25) is 14.4 Å². The third kappa shape index (κ3) is 4.15. The van der Waals surface area contributed by atoms with Gasteiger partial charge in [0.1, 0.15) is 11.5 Å². The molecule has 10 heteroatoms. The third-order valence-electron chi connectivity index (χ3n) is 6.34. The first-order valence-electron chi connectivity index (χ1n) is 11.1. The number of aromatic nitrogens is 2. The number of hydrogen-bond donors (Lipinski definition) is 0. The summed E-state index contributed by atoms with van der Waals surface area (Å²) in [6.07, 6.45) is 0.889. The Labute approximate surface area is 182 Å². The van der Waals surface area contributed by atoms with Gasteiger partial charge in [-0.2, -0.15) is 4.98 Å².